The molecule has 4 nitrogen and oxygen atoms in total. The van der Waals surface area contributed by atoms with Gasteiger partial charge in [-0.15, -0.1) is 0 Å². The Hall–Kier alpha value is -3.01. The molecule has 0 radical (unpaired) electrons. The zero-order valence-electron chi connectivity index (χ0n) is 16.0. The van der Waals surface area contributed by atoms with Crippen molar-refractivity contribution in [3.05, 3.63) is 72.3 Å². The van der Waals surface area contributed by atoms with Gasteiger partial charge in [0.1, 0.15) is 11.5 Å². The number of nitrogens with zero attached hydrogens (tertiary/aromatic N) is 1. The van der Waals surface area contributed by atoms with E-state index in [0.29, 0.717) is 13.0 Å². The zero-order chi connectivity index (χ0) is 19.2. The Labute approximate surface area is 160 Å². The number of hydrogen-bond donors (Lipinski definition) is 0. The lowest BCUT2D eigenvalue weighted by Crippen LogP contribution is -2.39. The number of methoxy groups -OCH3 is 1. The van der Waals surface area contributed by atoms with E-state index in [-0.39, 0.29) is 5.91 Å². The summed E-state index contributed by atoms with van der Waals surface area (Å²) in [6.07, 6.45) is 0.0914. The van der Waals surface area contributed by atoms with Crippen LogP contribution in [0.2, 0.25) is 0 Å². The van der Waals surface area contributed by atoms with Crippen molar-refractivity contribution in [1.82, 2.24) is 4.90 Å². The van der Waals surface area contributed by atoms with Gasteiger partial charge in [0.05, 0.1) is 7.11 Å². The summed E-state index contributed by atoms with van der Waals surface area (Å²) in [6.45, 7) is 2.49. The molecule has 0 aliphatic heterocycles. The molecule has 4 heteroatoms. The summed E-state index contributed by atoms with van der Waals surface area (Å²) >= 11 is 0. The van der Waals surface area contributed by atoms with Crippen LogP contribution in [0.4, 0.5) is 0 Å². The van der Waals surface area contributed by atoms with Crippen molar-refractivity contribution in [3.8, 4) is 11.5 Å². The lowest BCUT2D eigenvalue weighted by Gasteiger charge is -2.24. The summed E-state index contributed by atoms with van der Waals surface area (Å²) in [6, 6.07) is 21.7. The van der Waals surface area contributed by atoms with Gasteiger partial charge in [-0.05, 0) is 35.6 Å². The molecule has 0 aromatic heterocycles. The van der Waals surface area contributed by atoms with E-state index < -0.39 is 6.10 Å². The molecular formula is C23H25NO3. The largest absolute Gasteiger partial charge is 0.497 e. The number of benzene rings is 3. The van der Waals surface area contributed by atoms with Gasteiger partial charge in [0.15, 0.2) is 6.10 Å². The van der Waals surface area contributed by atoms with Crippen LogP contribution < -0.4 is 9.47 Å². The van der Waals surface area contributed by atoms with Gasteiger partial charge in [-0.25, -0.2) is 0 Å². The van der Waals surface area contributed by atoms with Gasteiger partial charge in [-0.1, -0.05) is 55.5 Å². The second kappa shape index (κ2) is 8.58. The fraction of sp³-hybridized carbons (Fsp3) is 0.261. The Morgan fingerprint density at radius 3 is 2.41 bits per heavy atom. The minimum absolute atomic E-state index is 0.0266. The highest BCUT2D eigenvalue weighted by atomic mass is 16.5. The highest BCUT2D eigenvalue weighted by Crippen LogP contribution is 2.27. The third-order valence-electron chi connectivity index (χ3n) is 4.62. The van der Waals surface area contributed by atoms with Gasteiger partial charge in [0, 0.05) is 19.0 Å². The van der Waals surface area contributed by atoms with Gasteiger partial charge >= 0.3 is 0 Å². The van der Waals surface area contributed by atoms with Gasteiger partial charge in [-0.2, -0.15) is 0 Å². The number of fused-ring (bicyclic) bond motifs is 1. The van der Waals surface area contributed by atoms with Crippen LogP contribution in [-0.2, 0) is 11.3 Å². The normalized spacial score (nSPS) is 11.8. The first-order valence-corrected chi connectivity index (χ1v) is 9.14. The van der Waals surface area contributed by atoms with Gasteiger partial charge in [0.2, 0.25) is 0 Å². The maximum Gasteiger partial charge on any atom is 0.263 e. The molecule has 0 fully saturated rings. The summed E-state index contributed by atoms with van der Waals surface area (Å²) in [4.78, 5) is 14.6. The smallest absolute Gasteiger partial charge is 0.263 e. The Morgan fingerprint density at radius 1 is 1.00 bits per heavy atom. The van der Waals surface area contributed by atoms with E-state index in [0.717, 1.165) is 27.8 Å². The highest BCUT2D eigenvalue weighted by Gasteiger charge is 2.23. The summed E-state index contributed by atoms with van der Waals surface area (Å²) in [5.74, 6) is 1.52. The topological polar surface area (TPSA) is 38.8 Å². The zero-order valence-corrected chi connectivity index (χ0v) is 16.0. The number of carbonyl (C=O) groups is 1. The molecule has 3 rings (SSSR count). The van der Waals surface area contributed by atoms with Crippen LogP contribution in [0, 0.1) is 0 Å². The molecule has 140 valence electrons. The van der Waals surface area contributed by atoms with Crippen molar-refractivity contribution in [1.29, 1.82) is 0 Å². The van der Waals surface area contributed by atoms with Gasteiger partial charge in [-0.3, -0.25) is 4.79 Å². The van der Waals surface area contributed by atoms with Crippen LogP contribution in [0.15, 0.2) is 66.7 Å². The lowest BCUT2D eigenvalue weighted by molar-refractivity contribution is -0.138. The van der Waals surface area contributed by atoms with Crippen molar-refractivity contribution in [2.45, 2.75) is 26.0 Å². The number of likely N-dealkylation sites (N-methyl/N-ethyl adjacent to an activating group) is 1. The number of hydrogen-bond acceptors (Lipinski definition) is 3. The Balaban J connectivity index is 1.72. The van der Waals surface area contributed by atoms with E-state index in [1.54, 1.807) is 12.0 Å². The number of ether oxygens (including phenoxy) is 2. The van der Waals surface area contributed by atoms with Crippen LogP contribution in [0.5, 0.6) is 11.5 Å². The molecule has 3 aromatic carbocycles. The molecule has 0 bridgehead atoms. The molecule has 0 aliphatic rings. The van der Waals surface area contributed by atoms with Crippen molar-refractivity contribution in [2.75, 3.05) is 14.2 Å². The average Bonchev–Trinajstić information content (AvgIpc) is 2.72. The fourth-order valence-electron chi connectivity index (χ4n) is 3.09. The lowest BCUT2D eigenvalue weighted by atomic mass is 10.1. The summed E-state index contributed by atoms with van der Waals surface area (Å²) in [5.41, 5.74) is 1.05. The van der Waals surface area contributed by atoms with Crippen molar-refractivity contribution in [2.24, 2.45) is 0 Å². The average molecular weight is 363 g/mol. The molecule has 0 N–H and O–H groups in total. The second-order valence-electron chi connectivity index (χ2n) is 6.53. The number of amides is 1. The van der Waals surface area contributed by atoms with E-state index in [9.17, 15) is 4.79 Å². The summed E-state index contributed by atoms with van der Waals surface area (Å²) in [5, 5.41) is 2.12. The molecule has 3 aromatic rings. The predicted molar refractivity (Wildman–Crippen MR) is 108 cm³/mol. The SMILES string of the molecule is CC[C@H](Oc1cccc2ccccc12)C(=O)N(C)Cc1ccc(OC)cc1. The quantitative estimate of drug-likeness (QED) is 0.613. The molecule has 0 unspecified atom stereocenters. The molecular weight excluding hydrogens is 338 g/mol. The van der Waals surface area contributed by atoms with Crippen LogP contribution >= 0.6 is 0 Å². The standard InChI is InChI=1S/C23H25NO3/c1-4-21(27-22-11-7-9-18-8-5-6-10-20(18)22)23(25)24(2)16-17-12-14-19(26-3)15-13-17/h5-15,21H,4,16H2,1-3H3/t21-/m0/s1. The number of carbonyl (C=O) groups excluding carboxylic acids is 1. The van der Waals surface area contributed by atoms with Crippen LogP contribution in [0.3, 0.4) is 0 Å². The van der Waals surface area contributed by atoms with Gasteiger partial charge < -0.3 is 14.4 Å². The molecule has 0 heterocycles. The van der Waals surface area contributed by atoms with Crippen molar-refractivity contribution >= 4 is 16.7 Å². The number of rotatable bonds is 7. The third-order valence-corrected chi connectivity index (χ3v) is 4.62. The first-order chi connectivity index (χ1) is 13.1. The molecule has 0 aliphatic carbocycles. The van der Waals surface area contributed by atoms with Crippen molar-refractivity contribution in [3.63, 3.8) is 0 Å². The van der Waals surface area contributed by atoms with E-state index in [1.165, 1.54) is 0 Å². The Kier molecular flexibility index (Phi) is 5.97. The van der Waals surface area contributed by atoms with E-state index in [1.807, 2.05) is 80.7 Å². The minimum atomic E-state index is -0.515. The minimum Gasteiger partial charge on any atom is -0.497 e. The monoisotopic (exact) mass is 363 g/mol. The maximum absolute atomic E-state index is 12.9. The highest BCUT2D eigenvalue weighted by molar-refractivity contribution is 5.89. The molecule has 0 saturated heterocycles. The maximum atomic E-state index is 12.9. The van der Waals surface area contributed by atoms with E-state index >= 15 is 0 Å². The molecule has 1 atom stereocenters. The Bertz CT molecular complexity index is 900. The fourth-order valence-corrected chi connectivity index (χ4v) is 3.09. The first kappa shape index (κ1) is 18.8. The predicted octanol–water partition coefficient (Wildman–Crippen LogP) is 4.66. The van der Waals surface area contributed by atoms with Crippen LogP contribution in [0.1, 0.15) is 18.9 Å². The van der Waals surface area contributed by atoms with E-state index in [4.69, 9.17) is 9.47 Å². The van der Waals surface area contributed by atoms with Crippen molar-refractivity contribution < 1.29 is 14.3 Å². The molecule has 1 amide bonds. The van der Waals surface area contributed by atoms with Crippen LogP contribution in [0.25, 0.3) is 10.8 Å². The summed E-state index contributed by atoms with van der Waals surface area (Å²) < 4.78 is 11.3. The molecule has 0 saturated carbocycles. The van der Waals surface area contributed by atoms with Crippen LogP contribution in [-0.4, -0.2) is 31.1 Å². The van der Waals surface area contributed by atoms with E-state index in [2.05, 4.69) is 0 Å². The second-order valence-corrected chi connectivity index (χ2v) is 6.53. The third kappa shape index (κ3) is 4.40. The Morgan fingerprint density at radius 2 is 1.70 bits per heavy atom. The molecule has 27 heavy (non-hydrogen) atoms. The first-order valence-electron chi connectivity index (χ1n) is 9.14. The molecule has 0 spiro atoms. The van der Waals surface area contributed by atoms with Gasteiger partial charge in [0.25, 0.3) is 5.91 Å². The summed E-state index contributed by atoms with van der Waals surface area (Å²) in [7, 11) is 3.45.